The summed E-state index contributed by atoms with van der Waals surface area (Å²) in [6.07, 6.45) is 6.87. The van der Waals surface area contributed by atoms with Crippen LogP contribution in [0, 0.1) is 0 Å². The summed E-state index contributed by atoms with van der Waals surface area (Å²) in [7, 11) is 3.21. The van der Waals surface area contributed by atoms with Crippen LogP contribution in [0.2, 0.25) is 0 Å². The first-order valence-electron chi connectivity index (χ1n) is 19.3. The molecule has 0 aliphatic carbocycles. The number of rotatable bonds is 10. The van der Waals surface area contributed by atoms with Crippen LogP contribution in [0.25, 0.3) is 67.1 Å². The van der Waals surface area contributed by atoms with Crippen molar-refractivity contribution in [3.8, 4) is 56.4 Å². The topological polar surface area (TPSA) is 71.1 Å². The van der Waals surface area contributed by atoms with Crippen molar-refractivity contribution >= 4 is 45.3 Å². The van der Waals surface area contributed by atoms with Crippen LogP contribution in [0.3, 0.4) is 0 Å². The maximum absolute atomic E-state index is 12.7. The van der Waals surface area contributed by atoms with Gasteiger partial charge in [0.1, 0.15) is 23.0 Å². The van der Waals surface area contributed by atoms with E-state index in [1.807, 2.05) is 48.6 Å². The Bertz CT molecular complexity index is 2720. The zero-order chi connectivity index (χ0) is 40.3. The quantitative estimate of drug-likeness (QED) is 0.102. The Balaban J connectivity index is 0.971. The summed E-state index contributed by atoms with van der Waals surface area (Å²) in [5.41, 5.74) is 9.42. The number of methoxy groups -OCH3 is 2. The second-order valence-corrected chi connectivity index (χ2v) is 14.3. The largest absolute Gasteiger partial charge is 0.497 e. The number of carbonyl (C=O) groups excluding carboxylic acids is 2. The molecule has 0 fully saturated rings. The number of fused-ring (bicyclic) bond motifs is 7. The predicted octanol–water partition coefficient (Wildman–Crippen LogP) is 12.5. The molecule has 0 spiro atoms. The molecule has 1 aliphatic rings. The summed E-state index contributed by atoms with van der Waals surface area (Å²) >= 11 is 0. The fourth-order valence-electron chi connectivity index (χ4n) is 7.51. The molecule has 0 amide bonds. The standard InChI is InChI=1S/C53H38O6/c1-56-44-21-13-38(14-22-44)48(54)27-7-34-3-9-36(10-4-34)40-17-25-46-42(31-40)19-29-50-52(46)53-47-26-18-41(32-43(47)20-30-51(53)59-33-58-50)37-11-5-35(6-12-37)8-28-49(55)39-15-23-45(57-2)24-16-39/h3-32H,33H2,1-2H3/b27-7-,28-8-. The van der Waals surface area contributed by atoms with Gasteiger partial charge in [0.15, 0.2) is 11.6 Å². The average Bonchev–Trinajstić information content (AvgIpc) is 3.50. The lowest BCUT2D eigenvalue weighted by Gasteiger charge is -2.15. The van der Waals surface area contributed by atoms with Crippen LogP contribution < -0.4 is 18.9 Å². The summed E-state index contributed by atoms with van der Waals surface area (Å²) in [4.78, 5) is 25.4. The lowest BCUT2D eigenvalue weighted by atomic mass is 9.90. The smallest absolute Gasteiger partial charge is 0.230 e. The van der Waals surface area contributed by atoms with Crippen LogP contribution in [0.15, 0.2) is 170 Å². The van der Waals surface area contributed by atoms with Crippen molar-refractivity contribution in [3.63, 3.8) is 0 Å². The highest BCUT2D eigenvalue weighted by Gasteiger charge is 2.22. The second-order valence-electron chi connectivity index (χ2n) is 14.3. The van der Waals surface area contributed by atoms with Crippen LogP contribution in [-0.2, 0) is 0 Å². The third-order valence-electron chi connectivity index (χ3n) is 10.7. The summed E-state index contributed by atoms with van der Waals surface area (Å²) in [5, 5.41) is 4.31. The minimum Gasteiger partial charge on any atom is -0.497 e. The van der Waals surface area contributed by atoms with Crippen molar-refractivity contribution in [1.82, 2.24) is 0 Å². The molecule has 1 heterocycles. The Morgan fingerprint density at radius 1 is 0.458 bits per heavy atom. The van der Waals surface area contributed by atoms with Crippen LogP contribution in [-0.4, -0.2) is 32.6 Å². The molecule has 1 aliphatic heterocycles. The Morgan fingerprint density at radius 2 is 0.847 bits per heavy atom. The number of ether oxygens (including phenoxy) is 4. The normalized spacial score (nSPS) is 12.1. The zero-order valence-corrected chi connectivity index (χ0v) is 32.5. The van der Waals surface area contributed by atoms with E-state index in [1.54, 1.807) is 74.9 Å². The van der Waals surface area contributed by atoms with Crippen LogP contribution in [0.4, 0.5) is 0 Å². The molecule has 8 aromatic rings. The van der Waals surface area contributed by atoms with Gasteiger partial charge in [-0.1, -0.05) is 97.1 Å². The fraction of sp³-hybridized carbons (Fsp3) is 0.0566. The van der Waals surface area contributed by atoms with Crippen molar-refractivity contribution in [3.05, 3.63) is 192 Å². The van der Waals surface area contributed by atoms with Gasteiger partial charge in [0.05, 0.1) is 14.2 Å². The molecule has 0 atom stereocenters. The van der Waals surface area contributed by atoms with Crippen LogP contribution in [0.5, 0.6) is 23.0 Å². The fourth-order valence-corrected chi connectivity index (χ4v) is 7.51. The molecular formula is C53H38O6. The number of hydrogen-bond acceptors (Lipinski definition) is 6. The van der Waals surface area contributed by atoms with Crippen LogP contribution in [0.1, 0.15) is 31.8 Å². The Labute approximate surface area is 342 Å². The molecule has 0 N–H and O–H groups in total. The van der Waals surface area contributed by atoms with Gasteiger partial charge in [0.2, 0.25) is 6.79 Å². The molecule has 59 heavy (non-hydrogen) atoms. The molecule has 0 bridgehead atoms. The summed E-state index contributed by atoms with van der Waals surface area (Å²) in [6, 6.07) is 51.9. The van der Waals surface area contributed by atoms with Gasteiger partial charge >= 0.3 is 0 Å². The first-order chi connectivity index (χ1) is 28.9. The highest BCUT2D eigenvalue weighted by molar-refractivity contribution is 6.11. The highest BCUT2D eigenvalue weighted by Crippen LogP contribution is 2.48. The summed E-state index contributed by atoms with van der Waals surface area (Å²) in [5.74, 6) is 2.85. The molecule has 9 rings (SSSR count). The highest BCUT2D eigenvalue weighted by atomic mass is 16.7. The number of benzene rings is 8. The third-order valence-corrected chi connectivity index (χ3v) is 10.7. The van der Waals surface area contributed by atoms with Gasteiger partial charge < -0.3 is 18.9 Å². The predicted molar refractivity (Wildman–Crippen MR) is 237 cm³/mol. The molecule has 0 saturated carbocycles. The molecular weight excluding hydrogens is 733 g/mol. The van der Waals surface area contributed by atoms with Gasteiger partial charge in [-0.25, -0.2) is 0 Å². The lowest BCUT2D eigenvalue weighted by Crippen LogP contribution is -2.03. The number of carbonyl (C=O) groups is 2. The van der Waals surface area contributed by atoms with E-state index >= 15 is 0 Å². The molecule has 6 heteroatoms. The van der Waals surface area contributed by atoms with Crippen molar-refractivity contribution in [1.29, 1.82) is 0 Å². The molecule has 6 nitrogen and oxygen atoms in total. The van der Waals surface area contributed by atoms with Gasteiger partial charge in [-0.3, -0.25) is 9.59 Å². The van der Waals surface area contributed by atoms with E-state index in [9.17, 15) is 9.59 Å². The monoisotopic (exact) mass is 770 g/mol. The summed E-state index contributed by atoms with van der Waals surface area (Å²) < 4.78 is 22.8. The Kier molecular flexibility index (Phi) is 10.0. The molecule has 286 valence electrons. The SMILES string of the molecule is COc1ccc(C(=O)/C=C\c2ccc(-c3ccc4c5c(ccc4c3)OCOc3ccc4cc(-c6ccc(/C=C\C(=O)c7ccc(OC)cc7)cc6)ccc4c3-5)cc2)cc1. The first-order valence-corrected chi connectivity index (χ1v) is 19.3. The Morgan fingerprint density at radius 3 is 1.24 bits per heavy atom. The van der Waals surface area contributed by atoms with Gasteiger partial charge in [-0.2, -0.15) is 0 Å². The van der Waals surface area contributed by atoms with E-state index in [2.05, 4.69) is 72.8 Å². The maximum Gasteiger partial charge on any atom is 0.230 e. The molecule has 0 saturated heterocycles. The van der Waals surface area contributed by atoms with Gasteiger partial charge in [-0.15, -0.1) is 0 Å². The second kappa shape index (κ2) is 16.0. The van der Waals surface area contributed by atoms with E-state index in [0.717, 1.165) is 77.6 Å². The van der Waals surface area contributed by atoms with E-state index in [1.165, 1.54) is 0 Å². The molecule has 0 radical (unpaired) electrons. The van der Waals surface area contributed by atoms with Crippen molar-refractivity contribution < 1.29 is 28.5 Å². The van der Waals surface area contributed by atoms with E-state index in [4.69, 9.17) is 18.9 Å². The number of ketones is 2. The minimum atomic E-state index is -0.0638. The van der Waals surface area contributed by atoms with E-state index in [0.29, 0.717) is 22.6 Å². The van der Waals surface area contributed by atoms with Gasteiger partial charge in [0, 0.05) is 22.3 Å². The van der Waals surface area contributed by atoms with E-state index in [-0.39, 0.29) is 18.4 Å². The summed E-state index contributed by atoms with van der Waals surface area (Å²) in [6.45, 7) is 0.117. The van der Waals surface area contributed by atoms with Gasteiger partial charge in [0.25, 0.3) is 0 Å². The number of allylic oxidation sites excluding steroid dienone is 2. The lowest BCUT2D eigenvalue weighted by molar-refractivity contribution is 0.103. The maximum atomic E-state index is 12.7. The van der Waals surface area contributed by atoms with Crippen molar-refractivity contribution in [2.24, 2.45) is 0 Å². The van der Waals surface area contributed by atoms with Crippen LogP contribution >= 0.6 is 0 Å². The molecule has 0 aromatic heterocycles. The van der Waals surface area contributed by atoms with Gasteiger partial charge in [-0.05, 0) is 140 Å². The molecule has 0 unspecified atom stereocenters. The van der Waals surface area contributed by atoms with Crippen molar-refractivity contribution in [2.75, 3.05) is 21.0 Å². The average molecular weight is 771 g/mol. The zero-order valence-electron chi connectivity index (χ0n) is 32.5. The van der Waals surface area contributed by atoms with E-state index < -0.39 is 0 Å². The first kappa shape index (κ1) is 36.9. The molecule has 8 aromatic carbocycles. The Hall–Kier alpha value is -7.70. The minimum absolute atomic E-state index is 0.0638. The van der Waals surface area contributed by atoms with Crippen molar-refractivity contribution in [2.45, 2.75) is 0 Å². The number of hydrogen-bond donors (Lipinski definition) is 0. The third kappa shape index (κ3) is 7.59.